The van der Waals surface area contributed by atoms with Gasteiger partial charge in [0.25, 0.3) is 5.91 Å². The van der Waals surface area contributed by atoms with E-state index in [4.69, 9.17) is 5.26 Å². The van der Waals surface area contributed by atoms with Crippen molar-refractivity contribution in [3.05, 3.63) is 64.9 Å². The Balaban J connectivity index is 1.72. The van der Waals surface area contributed by atoms with Gasteiger partial charge in [-0.25, -0.2) is 18.4 Å². The van der Waals surface area contributed by atoms with E-state index in [0.29, 0.717) is 18.8 Å². The van der Waals surface area contributed by atoms with Crippen LogP contribution in [-0.2, 0) is 7.05 Å². The second kappa shape index (κ2) is 9.37. The molecule has 0 bridgehead atoms. The van der Waals surface area contributed by atoms with Crippen LogP contribution in [0.4, 0.5) is 13.2 Å². The van der Waals surface area contributed by atoms with Gasteiger partial charge in [-0.15, -0.1) is 0 Å². The number of likely N-dealkylation sites (N-methyl/N-ethyl adjacent to an activating group) is 1. The predicted molar refractivity (Wildman–Crippen MR) is 131 cm³/mol. The van der Waals surface area contributed by atoms with Gasteiger partial charge in [-0.1, -0.05) is 0 Å². The average molecular weight is 508 g/mol. The number of halogens is 3. The maximum Gasteiger partial charge on any atom is 0.274 e. The Hall–Kier alpha value is -4.17. The van der Waals surface area contributed by atoms with Gasteiger partial charge >= 0.3 is 0 Å². The first-order valence-corrected chi connectivity index (χ1v) is 11.8. The number of benzene rings is 2. The molecule has 0 saturated carbocycles. The summed E-state index contributed by atoms with van der Waals surface area (Å²) in [7, 11) is 3.25. The minimum absolute atomic E-state index is 0.0602. The number of carbonyl (C=O) groups excluding carboxylic acids is 1. The number of nitrogens with one attached hydrogen (secondary N) is 1. The number of imidazole rings is 1. The molecule has 0 aliphatic carbocycles. The number of fused-ring (bicyclic) bond motifs is 1. The molecule has 1 aliphatic rings. The Morgan fingerprint density at radius 1 is 1.19 bits per heavy atom. The van der Waals surface area contributed by atoms with Crippen LogP contribution in [0.2, 0.25) is 0 Å². The molecule has 1 amide bonds. The summed E-state index contributed by atoms with van der Waals surface area (Å²) in [5.74, 6) is -2.38. The summed E-state index contributed by atoms with van der Waals surface area (Å²) >= 11 is 0. The number of piperidine rings is 1. The van der Waals surface area contributed by atoms with E-state index >= 15 is 4.39 Å². The summed E-state index contributed by atoms with van der Waals surface area (Å²) in [6.45, 7) is 2.65. The standard InChI is InChI=1S/C26H24F3N7O/c1-14-23(26(37)35-8-4-5-17(13-35)31-2)32-25(15-6-7-16(12-30)19(27)9-15)36(14)22-10-18-21(11-20(22)28)33-34(3)24(18)29/h6-7,9-11,17,31H,4-5,8,13H2,1-3H3/t17-/m1/s1. The van der Waals surface area contributed by atoms with Gasteiger partial charge in [0.05, 0.1) is 27.8 Å². The third kappa shape index (κ3) is 4.13. The number of rotatable bonds is 4. The van der Waals surface area contributed by atoms with Crippen LogP contribution in [0.3, 0.4) is 0 Å². The fourth-order valence-electron chi connectivity index (χ4n) is 4.83. The highest BCUT2D eigenvalue weighted by Gasteiger charge is 2.30. The molecule has 1 N–H and O–H groups in total. The number of aromatic nitrogens is 4. The van der Waals surface area contributed by atoms with Gasteiger partial charge in [0, 0.05) is 37.8 Å². The van der Waals surface area contributed by atoms with Gasteiger partial charge < -0.3 is 10.2 Å². The van der Waals surface area contributed by atoms with Crippen LogP contribution in [-0.4, -0.2) is 56.3 Å². The number of hydrogen-bond donors (Lipinski definition) is 1. The number of carbonyl (C=O) groups is 1. The molecule has 2 aromatic carbocycles. The van der Waals surface area contributed by atoms with Gasteiger partial charge in [-0.05, 0) is 51.1 Å². The number of likely N-dealkylation sites (tertiary alicyclic amines) is 1. The third-order valence-corrected chi connectivity index (χ3v) is 6.84. The minimum Gasteiger partial charge on any atom is -0.336 e. The zero-order valence-corrected chi connectivity index (χ0v) is 20.5. The summed E-state index contributed by atoms with van der Waals surface area (Å²) in [6, 6.07) is 8.21. The Morgan fingerprint density at radius 2 is 1.97 bits per heavy atom. The zero-order valence-electron chi connectivity index (χ0n) is 20.5. The molecule has 190 valence electrons. The average Bonchev–Trinajstić information content (AvgIpc) is 3.38. The van der Waals surface area contributed by atoms with Crippen molar-refractivity contribution in [1.82, 2.24) is 29.5 Å². The fraction of sp³-hybridized carbons (Fsp3) is 0.308. The number of aryl methyl sites for hydroxylation is 1. The highest BCUT2D eigenvalue weighted by molar-refractivity contribution is 5.95. The van der Waals surface area contributed by atoms with Crippen molar-refractivity contribution in [1.29, 1.82) is 5.26 Å². The molecule has 4 aromatic rings. The van der Waals surface area contributed by atoms with Crippen LogP contribution in [0.15, 0.2) is 30.3 Å². The molecule has 11 heteroatoms. The topological polar surface area (TPSA) is 91.8 Å². The molecule has 1 aliphatic heterocycles. The van der Waals surface area contributed by atoms with Gasteiger partial charge in [0.1, 0.15) is 29.2 Å². The summed E-state index contributed by atoms with van der Waals surface area (Å²) in [5.41, 5.74) is 0.548. The van der Waals surface area contributed by atoms with Crippen molar-refractivity contribution in [2.75, 3.05) is 20.1 Å². The van der Waals surface area contributed by atoms with Crippen molar-refractivity contribution in [3.8, 4) is 23.1 Å². The van der Waals surface area contributed by atoms with E-state index in [1.54, 1.807) is 17.9 Å². The van der Waals surface area contributed by atoms with E-state index in [1.807, 2.05) is 7.05 Å². The number of hydrogen-bond acceptors (Lipinski definition) is 5. The molecule has 8 nitrogen and oxygen atoms in total. The van der Waals surface area contributed by atoms with Crippen molar-refractivity contribution < 1.29 is 18.0 Å². The summed E-state index contributed by atoms with van der Waals surface area (Å²) in [4.78, 5) is 19.8. The summed E-state index contributed by atoms with van der Waals surface area (Å²) < 4.78 is 47.1. The predicted octanol–water partition coefficient (Wildman–Crippen LogP) is 3.85. The van der Waals surface area contributed by atoms with E-state index < -0.39 is 17.6 Å². The molecule has 5 rings (SSSR count). The third-order valence-electron chi connectivity index (χ3n) is 6.84. The quantitative estimate of drug-likeness (QED) is 0.453. The summed E-state index contributed by atoms with van der Waals surface area (Å²) in [6.07, 6.45) is 1.75. The van der Waals surface area contributed by atoms with Gasteiger partial charge in [-0.3, -0.25) is 9.36 Å². The molecule has 3 heterocycles. The van der Waals surface area contributed by atoms with Gasteiger partial charge in [0.15, 0.2) is 0 Å². The smallest absolute Gasteiger partial charge is 0.274 e. The monoisotopic (exact) mass is 507 g/mol. The van der Waals surface area contributed by atoms with Crippen LogP contribution in [0, 0.1) is 35.8 Å². The second-order valence-electron chi connectivity index (χ2n) is 9.13. The Labute approximate surface area is 210 Å². The molecule has 0 unspecified atom stereocenters. The highest BCUT2D eigenvalue weighted by Crippen LogP contribution is 2.32. The van der Waals surface area contributed by atoms with E-state index in [9.17, 15) is 13.6 Å². The number of amides is 1. The first-order chi connectivity index (χ1) is 17.7. The first kappa shape index (κ1) is 24.5. The lowest BCUT2D eigenvalue weighted by atomic mass is 10.1. The highest BCUT2D eigenvalue weighted by atomic mass is 19.1. The van der Waals surface area contributed by atoms with Crippen molar-refractivity contribution in [2.45, 2.75) is 25.8 Å². The van der Waals surface area contributed by atoms with Crippen LogP contribution in [0.25, 0.3) is 28.0 Å². The SMILES string of the molecule is CN[C@@H]1CCCN(C(=O)c2nc(-c3ccc(C#N)c(F)c3)n(-c3cc4c(F)n(C)nc4cc3F)c2C)C1. The molecule has 2 aromatic heterocycles. The lowest BCUT2D eigenvalue weighted by molar-refractivity contribution is 0.0692. The van der Waals surface area contributed by atoms with Gasteiger partial charge in [-0.2, -0.15) is 14.8 Å². The van der Waals surface area contributed by atoms with Crippen LogP contribution in [0.1, 0.15) is 34.6 Å². The molecule has 1 atom stereocenters. The van der Waals surface area contributed by atoms with E-state index in [1.165, 1.54) is 29.8 Å². The van der Waals surface area contributed by atoms with E-state index in [0.717, 1.165) is 29.7 Å². The largest absolute Gasteiger partial charge is 0.336 e. The van der Waals surface area contributed by atoms with Crippen LogP contribution < -0.4 is 5.32 Å². The molecule has 0 radical (unpaired) electrons. The van der Waals surface area contributed by atoms with Gasteiger partial charge in [0.2, 0.25) is 5.95 Å². The Kier molecular flexibility index (Phi) is 6.21. The van der Waals surface area contributed by atoms with Crippen molar-refractivity contribution in [3.63, 3.8) is 0 Å². The second-order valence-corrected chi connectivity index (χ2v) is 9.13. The molecular weight excluding hydrogens is 483 g/mol. The molecule has 1 saturated heterocycles. The fourth-order valence-corrected chi connectivity index (χ4v) is 4.83. The lowest BCUT2D eigenvalue weighted by Crippen LogP contribution is -2.47. The van der Waals surface area contributed by atoms with Crippen LogP contribution in [0.5, 0.6) is 0 Å². The maximum atomic E-state index is 15.4. The van der Waals surface area contributed by atoms with E-state index in [2.05, 4.69) is 15.4 Å². The lowest BCUT2D eigenvalue weighted by Gasteiger charge is -2.32. The first-order valence-electron chi connectivity index (χ1n) is 11.8. The molecule has 0 spiro atoms. The maximum absolute atomic E-state index is 15.4. The Morgan fingerprint density at radius 3 is 2.68 bits per heavy atom. The number of nitriles is 1. The Bertz CT molecular complexity index is 1580. The number of nitrogens with zero attached hydrogens (tertiary/aromatic N) is 6. The zero-order chi connectivity index (χ0) is 26.4. The van der Waals surface area contributed by atoms with Crippen molar-refractivity contribution >= 4 is 16.8 Å². The summed E-state index contributed by atoms with van der Waals surface area (Å²) in [5, 5.41) is 16.4. The molecular formula is C26H24F3N7O. The minimum atomic E-state index is -0.776. The molecule has 1 fully saturated rings. The van der Waals surface area contributed by atoms with Crippen molar-refractivity contribution in [2.24, 2.45) is 7.05 Å². The van der Waals surface area contributed by atoms with E-state index in [-0.39, 0.29) is 51.2 Å². The normalized spacial score (nSPS) is 15.8. The molecule has 37 heavy (non-hydrogen) atoms. The van der Waals surface area contributed by atoms with Crippen LogP contribution >= 0.6 is 0 Å².